The van der Waals surface area contributed by atoms with Gasteiger partial charge in [-0.2, -0.15) is 0 Å². The predicted octanol–water partition coefficient (Wildman–Crippen LogP) is 3.68. The van der Waals surface area contributed by atoms with E-state index in [1.54, 1.807) is 19.2 Å². The zero-order chi connectivity index (χ0) is 19.4. The van der Waals surface area contributed by atoms with Gasteiger partial charge < -0.3 is 10.1 Å². The highest BCUT2D eigenvalue weighted by molar-refractivity contribution is 6.01. The molecule has 0 bridgehead atoms. The summed E-state index contributed by atoms with van der Waals surface area (Å²) >= 11 is 0. The molecule has 1 N–H and O–H groups in total. The number of esters is 1. The number of aryl methyl sites for hydroxylation is 2. The van der Waals surface area contributed by atoms with Gasteiger partial charge in [0.2, 0.25) is 5.78 Å². The quantitative estimate of drug-likeness (QED) is 0.367. The first-order chi connectivity index (χ1) is 12.2. The number of carbonyl (C=O) groups is 2. The van der Waals surface area contributed by atoms with Gasteiger partial charge in [0.15, 0.2) is 6.10 Å². The van der Waals surface area contributed by atoms with Crippen molar-refractivity contribution >= 4 is 23.1 Å². The lowest BCUT2D eigenvalue weighted by atomic mass is 10.0. The Hall–Kier alpha value is -3.22. The van der Waals surface area contributed by atoms with Gasteiger partial charge in [0, 0.05) is 18.7 Å². The number of rotatable bonds is 6. The molecule has 0 saturated heterocycles. The van der Waals surface area contributed by atoms with Crippen LogP contribution in [0.15, 0.2) is 36.4 Å². The number of ether oxygens (including phenoxy) is 1. The zero-order valence-corrected chi connectivity index (χ0v) is 15.0. The number of hydrogen-bond donors (Lipinski definition) is 1. The summed E-state index contributed by atoms with van der Waals surface area (Å²) in [6.07, 6.45) is -1.01. The minimum absolute atomic E-state index is 0.00966. The van der Waals surface area contributed by atoms with E-state index in [1.165, 1.54) is 19.1 Å². The molecule has 136 valence electrons. The van der Waals surface area contributed by atoms with Crippen LogP contribution in [0.25, 0.3) is 0 Å². The zero-order valence-electron chi connectivity index (χ0n) is 15.0. The van der Waals surface area contributed by atoms with E-state index >= 15 is 0 Å². The highest BCUT2D eigenvalue weighted by Gasteiger charge is 2.23. The van der Waals surface area contributed by atoms with Crippen LogP contribution in [0, 0.1) is 24.0 Å². The normalized spacial score (nSPS) is 11.5. The molecule has 0 fully saturated rings. The molecular weight excluding hydrogens is 336 g/mol. The van der Waals surface area contributed by atoms with Crippen molar-refractivity contribution in [1.82, 2.24) is 0 Å². The van der Waals surface area contributed by atoms with Crippen molar-refractivity contribution < 1.29 is 19.2 Å². The summed E-state index contributed by atoms with van der Waals surface area (Å²) in [5, 5.41) is 13.8. The van der Waals surface area contributed by atoms with Gasteiger partial charge in [-0.1, -0.05) is 12.1 Å². The van der Waals surface area contributed by atoms with Crippen molar-refractivity contribution in [2.45, 2.75) is 26.9 Å². The molecule has 0 radical (unpaired) electrons. The average molecular weight is 356 g/mol. The summed E-state index contributed by atoms with van der Waals surface area (Å²) in [4.78, 5) is 35.2. The van der Waals surface area contributed by atoms with E-state index in [-0.39, 0.29) is 22.7 Å². The van der Waals surface area contributed by atoms with E-state index in [1.807, 2.05) is 19.9 Å². The molecule has 0 aliphatic carbocycles. The SMILES string of the molecule is CNc1ccc(C(=O)O[C@H](C)C(=O)c2ccc(C)c(C)c2)cc1[N+](=O)[O-]. The number of benzene rings is 2. The number of Topliss-reactive ketones (excluding diaryl/α,β-unsaturated/α-hetero) is 1. The number of nitro benzene ring substituents is 1. The number of nitro groups is 1. The van der Waals surface area contributed by atoms with Gasteiger partial charge in [0.1, 0.15) is 5.69 Å². The number of nitrogens with zero attached hydrogens (tertiary/aromatic N) is 1. The van der Waals surface area contributed by atoms with Crippen molar-refractivity contribution in [3.63, 3.8) is 0 Å². The third kappa shape index (κ3) is 4.05. The molecule has 0 spiro atoms. The largest absolute Gasteiger partial charge is 0.451 e. The van der Waals surface area contributed by atoms with Crippen LogP contribution in [-0.2, 0) is 4.74 Å². The molecule has 1 atom stereocenters. The summed E-state index contributed by atoms with van der Waals surface area (Å²) in [6.45, 7) is 5.31. The Labute approximate surface area is 151 Å². The molecule has 0 amide bonds. The third-order valence-electron chi connectivity index (χ3n) is 4.14. The molecule has 0 heterocycles. The summed E-state index contributed by atoms with van der Waals surface area (Å²) in [5.74, 6) is -1.12. The Bertz CT molecular complexity index is 876. The molecule has 2 aromatic carbocycles. The number of ketones is 1. The van der Waals surface area contributed by atoms with Gasteiger partial charge in [0.05, 0.1) is 10.5 Å². The Kier molecular flexibility index (Phi) is 5.71. The van der Waals surface area contributed by atoms with E-state index in [2.05, 4.69) is 5.32 Å². The summed E-state index contributed by atoms with van der Waals surface area (Å²) in [6, 6.07) is 9.22. The Morgan fingerprint density at radius 1 is 1.08 bits per heavy atom. The van der Waals surface area contributed by atoms with E-state index < -0.39 is 17.0 Å². The lowest BCUT2D eigenvalue weighted by Crippen LogP contribution is -2.24. The molecule has 0 aromatic heterocycles. The fourth-order valence-corrected chi connectivity index (χ4v) is 2.43. The first-order valence-corrected chi connectivity index (χ1v) is 8.03. The monoisotopic (exact) mass is 356 g/mol. The van der Waals surface area contributed by atoms with Gasteiger partial charge in [-0.3, -0.25) is 14.9 Å². The minimum atomic E-state index is -1.01. The molecule has 2 rings (SSSR count). The third-order valence-corrected chi connectivity index (χ3v) is 4.14. The van der Waals surface area contributed by atoms with E-state index in [0.717, 1.165) is 17.2 Å². The average Bonchev–Trinajstić information content (AvgIpc) is 2.62. The lowest BCUT2D eigenvalue weighted by molar-refractivity contribution is -0.384. The molecular formula is C19H20N2O5. The van der Waals surface area contributed by atoms with Gasteiger partial charge in [-0.15, -0.1) is 0 Å². The molecule has 0 unspecified atom stereocenters. The highest BCUT2D eigenvalue weighted by Crippen LogP contribution is 2.25. The van der Waals surface area contributed by atoms with Crippen LogP contribution >= 0.6 is 0 Å². The van der Waals surface area contributed by atoms with Crippen LogP contribution in [0.4, 0.5) is 11.4 Å². The van der Waals surface area contributed by atoms with Gasteiger partial charge in [-0.05, 0) is 50.1 Å². The number of hydrogen-bond acceptors (Lipinski definition) is 6. The predicted molar refractivity (Wildman–Crippen MR) is 97.8 cm³/mol. The Morgan fingerprint density at radius 3 is 2.31 bits per heavy atom. The number of anilines is 1. The second kappa shape index (κ2) is 7.77. The smallest absolute Gasteiger partial charge is 0.339 e. The second-order valence-electron chi connectivity index (χ2n) is 5.95. The topological polar surface area (TPSA) is 98.5 Å². The van der Waals surface area contributed by atoms with Crippen LogP contribution in [0.5, 0.6) is 0 Å². The van der Waals surface area contributed by atoms with Crippen molar-refractivity contribution in [2.75, 3.05) is 12.4 Å². The Balaban J connectivity index is 2.18. The van der Waals surface area contributed by atoms with Crippen LogP contribution in [0.3, 0.4) is 0 Å². The summed E-state index contributed by atoms with van der Waals surface area (Å²) < 4.78 is 5.20. The van der Waals surface area contributed by atoms with Crippen LogP contribution in [0.1, 0.15) is 38.8 Å². The second-order valence-corrected chi connectivity index (χ2v) is 5.95. The number of nitrogens with one attached hydrogen (secondary N) is 1. The van der Waals surface area contributed by atoms with Gasteiger partial charge in [0.25, 0.3) is 5.69 Å². The Morgan fingerprint density at radius 2 is 1.73 bits per heavy atom. The van der Waals surface area contributed by atoms with Crippen LogP contribution in [-0.4, -0.2) is 29.8 Å². The maximum Gasteiger partial charge on any atom is 0.339 e. The molecule has 2 aromatic rings. The van der Waals surface area contributed by atoms with E-state index in [4.69, 9.17) is 4.74 Å². The van der Waals surface area contributed by atoms with E-state index in [9.17, 15) is 19.7 Å². The number of carbonyl (C=O) groups excluding carboxylic acids is 2. The molecule has 7 nitrogen and oxygen atoms in total. The van der Waals surface area contributed by atoms with Crippen LogP contribution < -0.4 is 5.32 Å². The fourth-order valence-electron chi connectivity index (χ4n) is 2.43. The highest BCUT2D eigenvalue weighted by atomic mass is 16.6. The van der Waals surface area contributed by atoms with Gasteiger partial charge in [-0.25, -0.2) is 4.79 Å². The molecule has 7 heteroatoms. The fraction of sp³-hybridized carbons (Fsp3) is 0.263. The van der Waals surface area contributed by atoms with Crippen LogP contribution in [0.2, 0.25) is 0 Å². The minimum Gasteiger partial charge on any atom is -0.451 e. The van der Waals surface area contributed by atoms with Crippen molar-refractivity contribution in [1.29, 1.82) is 0 Å². The molecule has 0 aliphatic heterocycles. The molecule has 0 saturated carbocycles. The molecule has 0 aliphatic rings. The van der Waals surface area contributed by atoms with Crippen molar-refractivity contribution in [3.05, 3.63) is 68.8 Å². The lowest BCUT2D eigenvalue weighted by Gasteiger charge is -2.13. The molecule has 26 heavy (non-hydrogen) atoms. The summed E-state index contributed by atoms with van der Waals surface area (Å²) in [7, 11) is 1.55. The summed E-state index contributed by atoms with van der Waals surface area (Å²) in [5.41, 5.74) is 2.53. The van der Waals surface area contributed by atoms with E-state index in [0.29, 0.717) is 5.56 Å². The first kappa shape index (κ1) is 19.1. The standard InChI is InChI=1S/C19H20N2O5/c1-11-5-6-14(9-12(11)2)18(22)13(3)26-19(23)15-7-8-16(20-4)17(10-15)21(24)25/h5-10,13,20H,1-4H3/t13-/m1/s1. The van der Waals surface area contributed by atoms with Crippen molar-refractivity contribution in [3.8, 4) is 0 Å². The van der Waals surface area contributed by atoms with Gasteiger partial charge >= 0.3 is 5.97 Å². The maximum absolute atomic E-state index is 12.5. The van der Waals surface area contributed by atoms with Crippen molar-refractivity contribution in [2.24, 2.45) is 0 Å². The maximum atomic E-state index is 12.5. The first-order valence-electron chi connectivity index (χ1n) is 8.03.